The summed E-state index contributed by atoms with van der Waals surface area (Å²) in [5, 5.41) is 2.72. The number of esters is 1. The summed E-state index contributed by atoms with van der Waals surface area (Å²) >= 11 is 0. The first-order valence-electron chi connectivity index (χ1n) is 8.79. The maximum absolute atomic E-state index is 11.8. The van der Waals surface area contributed by atoms with Crippen LogP contribution in [0.3, 0.4) is 0 Å². The van der Waals surface area contributed by atoms with Gasteiger partial charge in [0.15, 0.2) is 11.5 Å². The van der Waals surface area contributed by atoms with Crippen molar-refractivity contribution in [3.8, 4) is 11.5 Å². The second kappa shape index (κ2) is 12.0. The van der Waals surface area contributed by atoms with Crippen molar-refractivity contribution in [3.63, 3.8) is 0 Å². The average Bonchev–Trinajstić information content (AvgIpc) is 2.63. The highest BCUT2D eigenvalue weighted by molar-refractivity contribution is 5.91. The SMILES string of the molecule is COC(=O)CCCNC(=O)/C=C/c1ccc(OCCC(C)C)c(OC)c1. The van der Waals surface area contributed by atoms with Crippen LogP contribution >= 0.6 is 0 Å². The van der Waals surface area contributed by atoms with Crippen molar-refractivity contribution in [3.05, 3.63) is 29.8 Å². The third-order valence-corrected chi connectivity index (χ3v) is 3.65. The molecule has 26 heavy (non-hydrogen) atoms. The molecule has 0 unspecified atom stereocenters. The third kappa shape index (κ3) is 8.55. The molecule has 0 heterocycles. The van der Waals surface area contributed by atoms with E-state index in [0.29, 0.717) is 37.0 Å². The molecule has 1 amide bonds. The second-order valence-electron chi connectivity index (χ2n) is 6.25. The smallest absolute Gasteiger partial charge is 0.305 e. The van der Waals surface area contributed by atoms with Gasteiger partial charge in [0.25, 0.3) is 0 Å². The molecule has 0 saturated heterocycles. The van der Waals surface area contributed by atoms with Crippen molar-refractivity contribution < 1.29 is 23.8 Å². The van der Waals surface area contributed by atoms with Crippen LogP contribution in [0.1, 0.15) is 38.7 Å². The summed E-state index contributed by atoms with van der Waals surface area (Å²) in [5.41, 5.74) is 0.836. The quantitative estimate of drug-likeness (QED) is 0.371. The highest BCUT2D eigenvalue weighted by atomic mass is 16.5. The van der Waals surface area contributed by atoms with Gasteiger partial charge >= 0.3 is 5.97 Å². The van der Waals surface area contributed by atoms with Gasteiger partial charge in [0, 0.05) is 19.0 Å². The molecule has 0 fully saturated rings. The van der Waals surface area contributed by atoms with Crippen LogP contribution < -0.4 is 14.8 Å². The molecule has 1 N–H and O–H groups in total. The molecule has 6 heteroatoms. The molecule has 1 aromatic carbocycles. The number of hydrogen-bond acceptors (Lipinski definition) is 5. The minimum Gasteiger partial charge on any atom is -0.493 e. The Kier molecular flexibility index (Phi) is 9.90. The molecule has 0 atom stereocenters. The van der Waals surface area contributed by atoms with Crippen LogP contribution in [0.25, 0.3) is 6.08 Å². The first-order chi connectivity index (χ1) is 12.5. The van der Waals surface area contributed by atoms with Crippen molar-refractivity contribution in [2.24, 2.45) is 5.92 Å². The molecule has 0 bridgehead atoms. The molecular formula is C20H29NO5. The highest BCUT2D eigenvalue weighted by Gasteiger charge is 2.06. The molecule has 144 valence electrons. The lowest BCUT2D eigenvalue weighted by Gasteiger charge is -2.12. The summed E-state index contributed by atoms with van der Waals surface area (Å²) < 4.78 is 15.6. The molecule has 0 aliphatic rings. The maximum Gasteiger partial charge on any atom is 0.305 e. The molecule has 0 aliphatic heterocycles. The van der Waals surface area contributed by atoms with E-state index in [4.69, 9.17) is 9.47 Å². The van der Waals surface area contributed by atoms with Gasteiger partial charge in [-0.3, -0.25) is 9.59 Å². The molecule has 0 aliphatic carbocycles. The lowest BCUT2D eigenvalue weighted by atomic mass is 10.1. The topological polar surface area (TPSA) is 73.9 Å². The van der Waals surface area contributed by atoms with E-state index in [1.807, 2.05) is 18.2 Å². The average molecular weight is 363 g/mol. The van der Waals surface area contributed by atoms with Crippen LogP contribution in [-0.4, -0.2) is 39.2 Å². The van der Waals surface area contributed by atoms with Crippen LogP contribution in [0, 0.1) is 5.92 Å². The van der Waals surface area contributed by atoms with Gasteiger partial charge in [-0.25, -0.2) is 0 Å². The molecular weight excluding hydrogens is 334 g/mol. The predicted octanol–water partition coefficient (Wildman–Crippen LogP) is 3.20. The monoisotopic (exact) mass is 363 g/mol. The van der Waals surface area contributed by atoms with Crippen molar-refractivity contribution >= 4 is 18.0 Å². The minimum absolute atomic E-state index is 0.217. The fraction of sp³-hybridized carbons (Fsp3) is 0.500. The number of hydrogen-bond donors (Lipinski definition) is 1. The number of carbonyl (C=O) groups is 2. The van der Waals surface area contributed by atoms with Crippen molar-refractivity contribution in [1.82, 2.24) is 5.32 Å². The van der Waals surface area contributed by atoms with E-state index in [2.05, 4.69) is 23.9 Å². The molecule has 0 aromatic heterocycles. The van der Waals surface area contributed by atoms with Gasteiger partial charge in [-0.15, -0.1) is 0 Å². The molecule has 0 saturated carbocycles. The number of benzene rings is 1. The van der Waals surface area contributed by atoms with Gasteiger partial charge in [0.2, 0.25) is 5.91 Å². The summed E-state index contributed by atoms with van der Waals surface area (Å²) in [6.07, 6.45) is 4.96. The lowest BCUT2D eigenvalue weighted by molar-refractivity contribution is -0.140. The van der Waals surface area contributed by atoms with Crippen LogP contribution in [-0.2, 0) is 14.3 Å². The number of methoxy groups -OCH3 is 2. The first-order valence-corrected chi connectivity index (χ1v) is 8.79. The number of amides is 1. The van der Waals surface area contributed by atoms with Crippen LogP contribution in [0.4, 0.5) is 0 Å². The summed E-state index contributed by atoms with van der Waals surface area (Å²) in [6.45, 7) is 5.35. The number of ether oxygens (including phenoxy) is 3. The molecule has 0 spiro atoms. The van der Waals surface area contributed by atoms with E-state index in [1.165, 1.54) is 13.2 Å². The zero-order chi connectivity index (χ0) is 19.4. The molecule has 1 rings (SSSR count). The summed E-state index contributed by atoms with van der Waals surface area (Å²) in [4.78, 5) is 22.8. The number of carbonyl (C=O) groups excluding carboxylic acids is 2. The largest absolute Gasteiger partial charge is 0.493 e. The Morgan fingerprint density at radius 1 is 1.19 bits per heavy atom. The van der Waals surface area contributed by atoms with Crippen LogP contribution in [0.2, 0.25) is 0 Å². The standard InChI is InChI=1S/C20H29NO5/c1-15(2)11-13-26-17-9-7-16(14-18(17)24-3)8-10-19(22)21-12-5-6-20(23)25-4/h7-10,14-15H,5-6,11-13H2,1-4H3,(H,21,22)/b10-8+. The van der Waals surface area contributed by atoms with Gasteiger partial charge in [-0.2, -0.15) is 0 Å². The van der Waals surface area contributed by atoms with E-state index >= 15 is 0 Å². The Labute approximate surface area is 155 Å². The van der Waals surface area contributed by atoms with E-state index in [0.717, 1.165) is 12.0 Å². The van der Waals surface area contributed by atoms with Crippen LogP contribution in [0.5, 0.6) is 11.5 Å². The molecule has 0 radical (unpaired) electrons. The van der Waals surface area contributed by atoms with Crippen molar-refractivity contribution in [2.45, 2.75) is 33.1 Å². The lowest BCUT2D eigenvalue weighted by Crippen LogP contribution is -2.22. The number of rotatable bonds is 11. The summed E-state index contributed by atoms with van der Waals surface area (Å²) in [6, 6.07) is 5.53. The molecule has 1 aromatic rings. The van der Waals surface area contributed by atoms with E-state index < -0.39 is 0 Å². The Morgan fingerprint density at radius 2 is 1.96 bits per heavy atom. The minimum atomic E-state index is -0.280. The normalized spacial score (nSPS) is 10.8. The molecule has 6 nitrogen and oxygen atoms in total. The van der Waals surface area contributed by atoms with E-state index in [9.17, 15) is 9.59 Å². The Morgan fingerprint density at radius 3 is 2.62 bits per heavy atom. The zero-order valence-electron chi connectivity index (χ0n) is 16.0. The van der Waals surface area contributed by atoms with Crippen molar-refractivity contribution in [2.75, 3.05) is 27.4 Å². The highest BCUT2D eigenvalue weighted by Crippen LogP contribution is 2.28. The third-order valence-electron chi connectivity index (χ3n) is 3.65. The van der Waals surface area contributed by atoms with Gasteiger partial charge in [0.05, 0.1) is 20.8 Å². The van der Waals surface area contributed by atoms with E-state index in [-0.39, 0.29) is 18.3 Å². The predicted molar refractivity (Wildman–Crippen MR) is 101 cm³/mol. The second-order valence-corrected chi connectivity index (χ2v) is 6.25. The fourth-order valence-corrected chi connectivity index (χ4v) is 2.09. The van der Waals surface area contributed by atoms with Gasteiger partial charge in [-0.1, -0.05) is 19.9 Å². The first kappa shape index (κ1) is 21.5. The van der Waals surface area contributed by atoms with E-state index in [1.54, 1.807) is 13.2 Å². The number of nitrogens with one attached hydrogen (secondary N) is 1. The Balaban J connectivity index is 2.51. The summed E-state index contributed by atoms with van der Waals surface area (Å²) in [7, 11) is 2.94. The zero-order valence-corrected chi connectivity index (χ0v) is 16.0. The fourth-order valence-electron chi connectivity index (χ4n) is 2.09. The van der Waals surface area contributed by atoms with Gasteiger partial charge < -0.3 is 19.5 Å². The summed E-state index contributed by atoms with van der Waals surface area (Å²) in [5.74, 6) is 1.41. The Bertz CT molecular complexity index is 610. The Hall–Kier alpha value is -2.50. The van der Waals surface area contributed by atoms with Gasteiger partial charge in [-0.05, 0) is 42.5 Å². The van der Waals surface area contributed by atoms with Gasteiger partial charge in [0.1, 0.15) is 0 Å². The van der Waals surface area contributed by atoms with Crippen molar-refractivity contribution in [1.29, 1.82) is 0 Å². The maximum atomic E-state index is 11.8. The van der Waals surface area contributed by atoms with Crippen LogP contribution in [0.15, 0.2) is 24.3 Å².